The van der Waals surface area contributed by atoms with Crippen LogP contribution in [0.2, 0.25) is 10.0 Å². The molecule has 0 aromatic heterocycles. The summed E-state index contributed by atoms with van der Waals surface area (Å²) < 4.78 is 13.2. The van der Waals surface area contributed by atoms with Crippen molar-refractivity contribution in [3.05, 3.63) is 27.5 Å². The second-order valence-corrected chi connectivity index (χ2v) is 3.94. The molecule has 1 aromatic carbocycles. The average Bonchev–Trinajstić information content (AvgIpc) is 2.08. The van der Waals surface area contributed by atoms with Gasteiger partial charge in [-0.3, -0.25) is 0 Å². The van der Waals surface area contributed by atoms with Gasteiger partial charge in [0.15, 0.2) is 5.82 Å². The molecule has 0 saturated heterocycles. The highest BCUT2D eigenvalue weighted by atomic mass is 35.5. The maximum absolute atomic E-state index is 13.2. The molecule has 0 atom stereocenters. The van der Waals surface area contributed by atoms with E-state index in [1.54, 1.807) is 19.2 Å². The number of halogens is 3. The average molecular weight is 225 g/mol. The Hall–Kier alpha value is 0.0800. The van der Waals surface area contributed by atoms with Gasteiger partial charge in [0.1, 0.15) is 0 Å². The Bertz CT molecular complexity index is 312. The number of hydrogen-bond acceptors (Lipinski definition) is 1. The third-order valence-electron chi connectivity index (χ3n) is 1.52. The van der Waals surface area contributed by atoms with Crippen LogP contribution >= 0.6 is 35.0 Å². The minimum atomic E-state index is -0.431. The van der Waals surface area contributed by atoms with Gasteiger partial charge in [-0.05, 0) is 24.8 Å². The molecule has 0 bridgehead atoms. The first-order chi connectivity index (χ1) is 5.57. The lowest BCUT2D eigenvalue weighted by Gasteiger charge is -2.05. The molecule has 0 radical (unpaired) electrons. The molecule has 66 valence electrons. The molecule has 1 aromatic rings. The van der Waals surface area contributed by atoms with E-state index in [4.69, 9.17) is 23.2 Å². The molecule has 0 amide bonds. The molecule has 0 N–H and O–H groups in total. The van der Waals surface area contributed by atoms with Gasteiger partial charge in [0.2, 0.25) is 0 Å². The van der Waals surface area contributed by atoms with Crippen LogP contribution in [0.25, 0.3) is 0 Å². The van der Waals surface area contributed by atoms with Crippen LogP contribution in [-0.4, -0.2) is 6.26 Å². The van der Waals surface area contributed by atoms with Gasteiger partial charge in [0.25, 0.3) is 0 Å². The number of thioether (sulfide) groups is 1. The third kappa shape index (κ3) is 1.70. The fourth-order valence-electron chi connectivity index (χ4n) is 0.850. The van der Waals surface area contributed by atoms with Crippen LogP contribution in [0.4, 0.5) is 4.39 Å². The number of rotatable bonds is 1. The molecule has 0 nitrogen and oxygen atoms in total. The first-order valence-electron chi connectivity index (χ1n) is 3.26. The number of hydrogen-bond donors (Lipinski definition) is 0. The van der Waals surface area contributed by atoms with Gasteiger partial charge in [0, 0.05) is 4.90 Å². The fraction of sp³-hybridized carbons (Fsp3) is 0.250. The molecule has 0 unspecified atom stereocenters. The zero-order chi connectivity index (χ0) is 9.30. The fourth-order valence-corrected chi connectivity index (χ4v) is 1.87. The summed E-state index contributed by atoms with van der Waals surface area (Å²) in [4.78, 5) is 0.530. The quantitative estimate of drug-likeness (QED) is 0.510. The Morgan fingerprint density at radius 3 is 2.42 bits per heavy atom. The van der Waals surface area contributed by atoms with Crippen molar-refractivity contribution >= 4 is 35.0 Å². The van der Waals surface area contributed by atoms with E-state index in [1.165, 1.54) is 11.8 Å². The number of benzene rings is 1. The summed E-state index contributed by atoms with van der Waals surface area (Å²) in [5.74, 6) is -0.431. The Morgan fingerprint density at radius 2 is 1.92 bits per heavy atom. The maximum Gasteiger partial charge on any atom is 0.156 e. The number of aryl methyl sites for hydroxylation is 1. The van der Waals surface area contributed by atoms with Gasteiger partial charge in [-0.1, -0.05) is 23.2 Å². The van der Waals surface area contributed by atoms with Crippen molar-refractivity contribution in [3.8, 4) is 0 Å². The van der Waals surface area contributed by atoms with E-state index in [2.05, 4.69) is 0 Å². The largest absolute Gasteiger partial charge is 0.204 e. The summed E-state index contributed by atoms with van der Waals surface area (Å²) in [6.45, 7) is 1.80. The second kappa shape index (κ2) is 3.86. The van der Waals surface area contributed by atoms with Crippen LogP contribution in [0.1, 0.15) is 5.56 Å². The van der Waals surface area contributed by atoms with Crippen LogP contribution in [0, 0.1) is 12.7 Å². The summed E-state index contributed by atoms with van der Waals surface area (Å²) in [6, 6.07) is 1.69. The van der Waals surface area contributed by atoms with Crippen LogP contribution in [0.3, 0.4) is 0 Å². The molecule has 0 spiro atoms. The van der Waals surface area contributed by atoms with Crippen molar-refractivity contribution in [1.82, 2.24) is 0 Å². The topological polar surface area (TPSA) is 0 Å². The lowest BCUT2D eigenvalue weighted by molar-refractivity contribution is 0.602. The predicted octanol–water partition coefficient (Wildman–Crippen LogP) is 4.16. The Morgan fingerprint density at radius 1 is 1.33 bits per heavy atom. The highest BCUT2D eigenvalue weighted by molar-refractivity contribution is 7.98. The highest BCUT2D eigenvalue weighted by Crippen LogP contribution is 2.34. The molecule has 12 heavy (non-hydrogen) atoms. The molecular formula is C8H7Cl2FS. The predicted molar refractivity (Wildman–Crippen MR) is 52.9 cm³/mol. The van der Waals surface area contributed by atoms with Crippen molar-refractivity contribution in [2.75, 3.05) is 6.26 Å². The Kier molecular flexibility index (Phi) is 3.27. The first-order valence-corrected chi connectivity index (χ1v) is 5.24. The van der Waals surface area contributed by atoms with Crippen molar-refractivity contribution in [1.29, 1.82) is 0 Å². The van der Waals surface area contributed by atoms with Crippen LogP contribution in [0.5, 0.6) is 0 Å². The molecule has 4 heteroatoms. The van der Waals surface area contributed by atoms with Crippen molar-refractivity contribution in [2.24, 2.45) is 0 Å². The van der Waals surface area contributed by atoms with Gasteiger partial charge in [0.05, 0.1) is 10.0 Å². The summed E-state index contributed by atoms with van der Waals surface area (Å²) in [6.07, 6.45) is 1.79. The zero-order valence-corrected chi connectivity index (χ0v) is 8.95. The molecule has 1 rings (SSSR count). The van der Waals surface area contributed by atoms with Crippen molar-refractivity contribution in [2.45, 2.75) is 11.8 Å². The van der Waals surface area contributed by atoms with Gasteiger partial charge >= 0.3 is 0 Å². The molecule has 0 aliphatic heterocycles. The minimum absolute atomic E-state index is 0.0148. The van der Waals surface area contributed by atoms with Gasteiger partial charge in [-0.2, -0.15) is 0 Å². The van der Waals surface area contributed by atoms with Crippen molar-refractivity contribution < 1.29 is 4.39 Å². The third-order valence-corrected chi connectivity index (χ3v) is 3.19. The van der Waals surface area contributed by atoms with Crippen LogP contribution in [-0.2, 0) is 0 Å². The Balaban J connectivity index is 3.39. The molecule has 0 aliphatic rings. The monoisotopic (exact) mass is 224 g/mol. The summed E-state index contributed by atoms with van der Waals surface area (Å²) in [7, 11) is 0. The zero-order valence-electron chi connectivity index (χ0n) is 6.62. The van der Waals surface area contributed by atoms with E-state index in [0.29, 0.717) is 9.92 Å². The van der Waals surface area contributed by atoms with Crippen LogP contribution in [0.15, 0.2) is 11.0 Å². The minimum Gasteiger partial charge on any atom is -0.204 e. The van der Waals surface area contributed by atoms with E-state index in [1.807, 2.05) is 0 Å². The summed E-state index contributed by atoms with van der Waals surface area (Å²) in [5, 5.41) is 0.313. The van der Waals surface area contributed by atoms with E-state index < -0.39 is 5.82 Å². The van der Waals surface area contributed by atoms with Crippen molar-refractivity contribution in [3.63, 3.8) is 0 Å². The lowest BCUT2D eigenvalue weighted by Crippen LogP contribution is -1.86. The van der Waals surface area contributed by atoms with Gasteiger partial charge in [-0.25, -0.2) is 4.39 Å². The van der Waals surface area contributed by atoms with E-state index in [0.717, 1.165) is 5.56 Å². The SMILES string of the molecule is CSc1cc(C)c(Cl)c(Cl)c1F. The second-order valence-electron chi connectivity index (χ2n) is 2.34. The summed E-state index contributed by atoms with van der Waals surface area (Å²) >= 11 is 12.7. The summed E-state index contributed by atoms with van der Waals surface area (Å²) in [5.41, 5.74) is 0.799. The Labute approximate surface area is 85.1 Å². The molecule has 0 aliphatic carbocycles. The standard InChI is InChI=1S/C8H7Cl2FS/c1-4-3-5(12-2)8(11)7(10)6(4)9/h3H,1-2H3. The van der Waals surface area contributed by atoms with Crippen LogP contribution < -0.4 is 0 Å². The van der Waals surface area contributed by atoms with Gasteiger partial charge < -0.3 is 0 Å². The normalized spacial score (nSPS) is 10.4. The molecule has 0 fully saturated rings. The maximum atomic E-state index is 13.2. The highest BCUT2D eigenvalue weighted by Gasteiger charge is 2.12. The van der Waals surface area contributed by atoms with Gasteiger partial charge in [-0.15, -0.1) is 11.8 Å². The molecule has 0 heterocycles. The van der Waals surface area contributed by atoms with E-state index in [-0.39, 0.29) is 5.02 Å². The van der Waals surface area contributed by atoms with E-state index in [9.17, 15) is 4.39 Å². The smallest absolute Gasteiger partial charge is 0.156 e. The molecular weight excluding hydrogens is 218 g/mol. The lowest BCUT2D eigenvalue weighted by atomic mass is 10.2. The first kappa shape index (κ1) is 10.2. The molecule has 0 saturated carbocycles. The van der Waals surface area contributed by atoms with E-state index >= 15 is 0 Å².